The van der Waals surface area contributed by atoms with Crippen LogP contribution in [0.15, 0.2) is 24.3 Å². The molecule has 0 aliphatic carbocycles. The number of primary amides is 1. The summed E-state index contributed by atoms with van der Waals surface area (Å²) in [6, 6.07) is 4.63. The van der Waals surface area contributed by atoms with E-state index >= 15 is 0 Å². The van der Waals surface area contributed by atoms with Crippen LogP contribution in [0.4, 0.5) is 10.5 Å². The monoisotopic (exact) mass is 784 g/mol. The number of anilines is 1. The molecule has 306 valence electrons. The van der Waals surface area contributed by atoms with Crippen LogP contribution in [-0.4, -0.2) is 119 Å². The molecule has 0 spiro atoms. The highest BCUT2D eigenvalue weighted by atomic mass is 32.1. The minimum atomic E-state index is -0.953. The van der Waals surface area contributed by atoms with Crippen molar-refractivity contribution in [2.24, 2.45) is 11.7 Å². The van der Waals surface area contributed by atoms with E-state index in [0.29, 0.717) is 64.9 Å². The number of nitrogens with one attached hydrogen (secondary N) is 5. The molecule has 0 saturated carbocycles. The molecule has 0 aliphatic rings. The summed E-state index contributed by atoms with van der Waals surface area (Å²) in [5.41, 5.74) is 6.63. The van der Waals surface area contributed by atoms with Crippen LogP contribution >= 0.6 is 12.6 Å². The van der Waals surface area contributed by atoms with Gasteiger partial charge in [0.1, 0.15) is 12.1 Å². The Balaban J connectivity index is 2.38. The molecule has 2 atom stereocenters. The van der Waals surface area contributed by atoms with Crippen molar-refractivity contribution < 1.29 is 52.5 Å². The van der Waals surface area contributed by atoms with E-state index in [1.165, 1.54) is 0 Å². The van der Waals surface area contributed by atoms with Gasteiger partial charge in [-0.1, -0.05) is 26.0 Å². The summed E-state index contributed by atoms with van der Waals surface area (Å²) in [4.78, 5) is 72.7. The third kappa shape index (κ3) is 25.3. The van der Waals surface area contributed by atoms with Gasteiger partial charge in [0, 0.05) is 38.0 Å². The number of rotatable bonds is 31. The van der Waals surface area contributed by atoms with Crippen molar-refractivity contribution in [1.29, 1.82) is 0 Å². The number of carbonyl (C=O) groups is 6. The zero-order valence-corrected chi connectivity index (χ0v) is 32.8. The second-order valence-electron chi connectivity index (χ2n) is 12.8. The molecule has 0 fully saturated rings. The Morgan fingerprint density at radius 3 is 1.83 bits per heavy atom. The number of amides is 6. The van der Waals surface area contributed by atoms with Crippen molar-refractivity contribution in [2.75, 3.05) is 71.3 Å². The van der Waals surface area contributed by atoms with E-state index in [2.05, 4.69) is 39.2 Å². The molecule has 0 unspecified atom stereocenters. The van der Waals surface area contributed by atoms with Crippen molar-refractivity contribution in [1.82, 2.24) is 21.3 Å². The Bertz CT molecular complexity index is 1270. The van der Waals surface area contributed by atoms with Crippen LogP contribution in [-0.2, 0) is 54.3 Å². The number of benzene rings is 1. The molecule has 7 N–H and O–H groups in total. The Labute approximate surface area is 323 Å². The molecule has 0 bridgehead atoms. The third-order valence-electron chi connectivity index (χ3n) is 7.40. The van der Waals surface area contributed by atoms with Crippen LogP contribution in [0.3, 0.4) is 0 Å². The number of ether oxygens (including phenoxy) is 5. The second kappa shape index (κ2) is 29.5. The highest BCUT2D eigenvalue weighted by molar-refractivity contribution is 7.96. The molecule has 6 amide bonds. The predicted molar refractivity (Wildman–Crippen MR) is 205 cm³/mol. The van der Waals surface area contributed by atoms with Crippen LogP contribution in [0.2, 0.25) is 0 Å². The van der Waals surface area contributed by atoms with Crippen molar-refractivity contribution in [3.8, 4) is 0 Å². The average molecular weight is 785 g/mol. The molecule has 17 nitrogen and oxygen atoms in total. The molecule has 0 aliphatic heterocycles. The van der Waals surface area contributed by atoms with Crippen molar-refractivity contribution >= 4 is 53.1 Å². The summed E-state index contributed by atoms with van der Waals surface area (Å²) >= 11 is 3.62. The Kier molecular flexibility index (Phi) is 26.4. The standard InChI is InChI=1S/C36H60N6O11S/c1-25(2)33(42-31(44)13-16-49-18-20-51-22-23-52-21-19-50-17-15-38-30(43)11-12-32(45)54)35(47)41-29(6-5-14-39-36(37)48)34(46)40-28-9-7-27(8-10-28)24-53-26(3)4/h7-10,25-26,29,33H,5-6,11-24H2,1-4H3,(H,38,43)(H,40,46)(H,41,47)(H,42,44)(H,45,54)(H3,37,39,48)/t29-,33-/m0/s1. The fraction of sp³-hybridized carbons (Fsp3) is 0.667. The Morgan fingerprint density at radius 1 is 0.685 bits per heavy atom. The first-order valence-electron chi connectivity index (χ1n) is 18.2. The van der Waals surface area contributed by atoms with Gasteiger partial charge in [0.2, 0.25) is 23.6 Å². The normalized spacial score (nSPS) is 12.2. The third-order valence-corrected chi connectivity index (χ3v) is 7.62. The van der Waals surface area contributed by atoms with Gasteiger partial charge in [-0.3, -0.25) is 24.0 Å². The molecule has 1 aromatic carbocycles. The lowest BCUT2D eigenvalue weighted by molar-refractivity contribution is -0.132. The molecule has 0 heterocycles. The Morgan fingerprint density at radius 2 is 1.28 bits per heavy atom. The number of hydrogen-bond acceptors (Lipinski definition) is 11. The maximum absolute atomic E-state index is 13.4. The summed E-state index contributed by atoms with van der Waals surface area (Å²) in [5, 5.41) is 13.1. The number of nitrogens with two attached hydrogens (primary N) is 1. The van der Waals surface area contributed by atoms with Gasteiger partial charge in [0.05, 0.1) is 65.6 Å². The molecule has 1 aromatic rings. The molecular weight excluding hydrogens is 724 g/mol. The lowest BCUT2D eigenvalue weighted by atomic mass is 10.0. The molecule has 0 radical (unpaired) electrons. The number of thiol groups is 1. The highest BCUT2D eigenvalue weighted by Gasteiger charge is 2.28. The maximum Gasteiger partial charge on any atom is 0.312 e. The lowest BCUT2D eigenvalue weighted by Crippen LogP contribution is -2.54. The number of carbonyl (C=O) groups excluding carboxylic acids is 6. The van der Waals surface area contributed by atoms with Crippen LogP contribution < -0.4 is 32.3 Å². The minimum absolute atomic E-state index is 0.0134. The molecule has 54 heavy (non-hydrogen) atoms. The summed E-state index contributed by atoms with van der Waals surface area (Å²) in [5.74, 6) is -1.87. The number of hydrogen-bond donors (Lipinski definition) is 7. The fourth-order valence-corrected chi connectivity index (χ4v) is 4.62. The van der Waals surface area contributed by atoms with E-state index in [4.69, 9.17) is 29.4 Å². The van der Waals surface area contributed by atoms with Gasteiger partial charge in [-0.25, -0.2) is 4.79 Å². The average Bonchev–Trinajstić information content (AvgIpc) is 3.11. The quantitative estimate of drug-likeness (QED) is 0.0420. The number of urea groups is 1. The topological polar surface area (TPSA) is 235 Å². The summed E-state index contributed by atoms with van der Waals surface area (Å²) in [6.07, 6.45) is 0.863. The van der Waals surface area contributed by atoms with E-state index in [0.717, 1.165) is 5.56 Å². The van der Waals surface area contributed by atoms with Gasteiger partial charge in [-0.15, -0.1) is 12.6 Å². The van der Waals surface area contributed by atoms with Crippen LogP contribution in [0.1, 0.15) is 65.4 Å². The van der Waals surface area contributed by atoms with Gasteiger partial charge in [0.25, 0.3) is 0 Å². The first kappa shape index (κ1) is 48.2. The van der Waals surface area contributed by atoms with Gasteiger partial charge < -0.3 is 56.0 Å². The smallest absolute Gasteiger partial charge is 0.312 e. The van der Waals surface area contributed by atoms with Crippen molar-refractivity contribution in [3.63, 3.8) is 0 Å². The first-order chi connectivity index (χ1) is 25.8. The molecule has 0 aromatic heterocycles. The highest BCUT2D eigenvalue weighted by Crippen LogP contribution is 2.13. The van der Waals surface area contributed by atoms with Crippen LogP contribution in [0, 0.1) is 5.92 Å². The maximum atomic E-state index is 13.4. The van der Waals surface area contributed by atoms with Crippen molar-refractivity contribution in [2.45, 2.75) is 84.6 Å². The zero-order chi connectivity index (χ0) is 40.1. The summed E-state index contributed by atoms with van der Waals surface area (Å²) in [6.45, 7) is 10.9. The summed E-state index contributed by atoms with van der Waals surface area (Å²) in [7, 11) is 0. The zero-order valence-electron chi connectivity index (χ0n) is 31.9. The van der Waals surface area contributed by atoms with Gasteiger partial charge in [0.15, 0.2) is 5.12 Å². The van der Waals surface area contributed by atoms with Crippen LogP contribution in [0.5, 0.6) is 0 Å². The second-order valence-corrected chi connectivity index (χ2v) is 13.3. The largest absolute Gasteiger partial charge is 0.379 e. The van der Waals surface area contributed by atoms with E-state index in [-0.39, 0.29) is 74.4 Å². The SMILES string of the molecule is CC(C)OCc1ccc(NC(=O)[C@H](CCCNC(N)=O)NC(=O)[C@@H](NC(=O)CCOCCOCCOCCOCCNC(=O)CCC(=O)S)C(C)C)cc1. The molecule has 0 saturated heterocycles. The minimum Gasteiger partial charge on any atom is -0.379 e. The molecule has 1 rings (SSSR count). The van der Waals surface area contributed by atoms with Gasteiger partial charge in [-0.2, -0.15) is 0 Å². The van der Waals surface area contributed by atoms with Crippen LogP contribution in [0.25, 0.3) is 0 Å². The molecular formula is C36H60N6O11S. The van der Waals surface area contributed by atoms with E-state index in [1.54, 1.807) is 26.0 Å². The van der Waals surface area contributed by atoms with Gasteiger partial charge >= 0.3 is 6.03 Å². The van der Waals surface area contributed by atoms with Gasteiger partial charge in [-0.05, 0) is 50.3 Å². The predicted octanol–water partition coefficient (Wildman–Crippen LogP) is 1.43. The fourth-order valence-electron chi connectivity index (χ4n) is 4.50. The van der Waals surface area contributed by atoms with E-state index in [1.807, 2.05) is 26.0 Å². The lowest BCUT2D eigenvalue weighted by Gasteiger charge is -2.25. The Hall–Kier alpha value is -3.81. The van der Waals surface area contributed by atoms with E-state index in [9.17, 15) is 28.8 Å². The first-order valence-corrected chi connectivity index (χ1v) is 18.7. The van der Waals surface area contributed by atoms with E-state index < -0.39 is 29.9 Å². The summed E-state index contributed by atoms with van der Waals surface area (Å²) < 4.78 is 27.3. The molecule has 18 heteroatoms. The van der Waals surface area contributed by atoms with Crippen molar-refractivity contribution in [3.05, 3.63) is 29.8 Å².